The van der Waals surface area contributed by atoms with Crippen LogP contribution in [0.4, 0.5) is 0 Å². The smallest absolute Gasteiger partial charge is 0.419 e. The second-order valence-corrected chi connectivity index (χ2v) is 4.79. The van der Waals surface area contributed by atoms with Gasteiger partial charge in [0.05, 0.1) is 11.6 Å². The summed E-state index contributed by atoms with van der Waals surface area (Å²) in [5.74, 6) is 1.24. The fraction of sp³-hybridized carbons (Fsp3) is 0.267. The molecule has 0 spiro atoms. The summed E-state index contributed by atoms with van der Waals surface area (Å²) < 4.78 is 12.3. The van der Waals surface area contributed by atoms with Crippen molar-refractivity contribution in [3.63, 3.8) is 0 Å². The van der Waals surface area contributed by atoms with Gasteiger partial charge in [0.1, 0.15) is 11.5 Å². The van der Waals surface area contributed by atoms with Crippen LogP contribution < -0.4 is 11.5 Å². The molecule has 1 atom stereocenters. The quantitative estimate of drug-likeness (QED) is 0.794. The SMILES string of the molecule is CCc1ccc(C(N)c2ccc3c(c2)oc(=O)n3C)o1. The van der Waals surface area contributed by atoms with Crippen molar-refractivity contribution in [2.24, 2.45) is 12.8 Å². The number of nitrogens with two attached hydrogens (primary N) is 1. The van der Waals surface area contributed by atoms with E-state index in [2.05, 4.69) is 0 Å². The van der Waals surface area contributed by atoms with Crippen LogP contribution in [0.15, 0.2) is 44.0 Å². The molecule has 2 N–H and O–H groups in total. The molecule has 2 aromatic heterocycles. The van der Waals surface area contributed by atoms with Crippen LogP contribution in [0.1, 0.15) is 30.0 Å². The largest absolute Gasteiger partial charge is 0.464 e. The van der Waals surface area contributed by atoms with Crippen LogP contribution in [0.5, 0.6) is 0 Å². The highest BCUT2D eigenvalue weighted by atomic mass is 16.4. The zero-order chi connectivity index (χ0) is 14.3. The minimum absolute atomic E-state index is 0.370. The van der Waals surface area contributed by atoms with E-state index < -0.39 is 0 Å². The van der Waals surface area contributed by atoms with Crippen LogP contribution in [0.25, 0.3) is 11.1 Å². The summed E-state index contributed by atoms with van der Waals surface area (Å²) in [5, 5.41) is 0. The summed E-state index contributed by atoms with van der Waals surface area (Å²) in [4.78, 5) is 11.5. The molecular weight excluding hydrogens is 256 g/mol. The third kappa shape index (κ3) is 1.96. The van der Waals surface area contributed by atoms with Crippen molar-refractivity contribution in [2.75, 3.05) is 0 Å². The number of fused-ring (bicyclic) bond motifs is 1. The number of hydrogen-bond acceptors (Lipinski definition) is 4. The maximum Gasteiger partial charge on any atom is 0.419 e. The van der Waals surface area contributed by atoms with E-state index in [4.69, 9.17) is 14.6 Å². The van der Waals surface area contributed by atoms with Gasteiger partial charge in [-0.15, -0.1) is 0 Å². The van der Waals surface area contributed by atoms with Gasteiger partial charge < -0.3 is 14.6 Å². The predicted octanol–water partition coefficient (Wildman–Crippen LogP) is 2.33. The Morgan fingerprint density at radius 2 is 2.05 bits per heavy atom. The van der Waals surface area contributed by atoms with Gasteiger partial charge in [0.15, 0.2) is 5.58 Å². The summed E-state index contributed by atoms with van der Waals surface area (Å²) in [7, 11) is 1.67. The first-order valence-corrected chi connectivity index (χ1v) is 6.54. The zero-order valence-corrected chi connectivity index (χ0v) is 11.4. The van der Waals surface area contributed by atoms with Gasteiger partial charge in [-0.25, -0.2) is 4.79 Å². The number of benzene rings is 1. The molecule has 20 heavy (non-hydrogen) atoms. The van der Waals surface area contributed by atoms with Crippen LogP contribution in [-0.2, 0) is 13.5 Å². The highest BCUT2D eigenvalue weighted by Gasteiger charge is 2.15. The molecule has 2 heterocycles. The summed E-state index contributed by atoms with van der Waals surface area (Å²) in [5.41, 5.74) is 8.34. The maximum absolute atomic E-state index is 11.5. The molecule has 1 aromatic carbocycles. The van der Waals surface area contributed by atoms with Crippen molar-refractivity contribution < 1.29 is 8.83 Å². The number of nitrogens with zero attached hydrogens (tertiary/aromatic N) is 1. The molecule has 5 heteroatoms. The van der Waals surface area contributed by atoms with E-state index in [0.29, 0.717) is 11.3 Å². The molecule has 1 unspecified atom stereocenters. The Morgan fingerprint density at radius 1 is 1.25 bits per heavy atom. The lowest BCUT2D eigenvalue weighted by atomic mass is 10.1. The second kappa shape index (κ2) is 4.68. The molecule has 0 saturated heterocycles. The number of furan rings is 1. The second-order valence-electron chi connectivity index (χ2n) is 4.79. The normalized spacial score (nSPS) is 12.9. The fourth-order valence-corrected chi connectivity index (χ4v) is 2.26. The van der Waals surface area contributed by atoms with E-state index in [0.717, 1.165) is 23.3 Å². The Morgan fingerprint density at radius 3 is 2.75 bits per heavy atom. The van der Waals surface area contributed by atoms with Gasteiger partial charge in [-0.1, -0.05) is 13.0 Å². The predicted molar refractivity (Wildman–Crippen MR) is 75.6 cm³/mol. The first-order chi connectivity index (χ1) is 9.60. The lowest BCUT2D eigenvalue weighted by molar-refractivity contribution is 0.454. The van der Waals surface area contributed by atoms with E-state index in [1.807, 2.05) is 31.2 Å². The van der Waals surface area contributed by atoms with E-state index in [1.54, 1.807) is 13.1 Å². The van der Waals surface area contributed by atoms with Crippen molar-refractivity contribution in [3.05, 3.63) is 58.0 Å². The van der Waals surface area contributed by atoms with Crippen LogP contribution in [0.3, 0.4) is 0 Å². The highest BCUT2D eigenvalue weighted by Crippen LogP contribution is 2.24. The van der Waals surface area contributed by atoms with Gasteiger partial charge in [-0.3, -0.25) is 4.57 Å². The van der Waals surface area contributed by atoms with Gasteiger partial charge in [0.2, 0.25) is 0 Å². The molecule has 0 aliphatic rings. The van der Waals surface area contributed by atoms with Gasteiger partial charge in [0, 0.05) is 13.5 Å². The Labute approximate surface area is 115 Å². The van der Waals surface area contributed by atoms with E-state index in [9.17, 15) is 4.79 Å². The number of aromatic nitrogens is 1. The first-order valence-electron chi connectivity index (χ1n) is 6.54. The van der Waals surface area contributed by atoms with Crippen molar-refractivity contribution in [2.45, 2.75) is 19.4 Å². The van der Waals surface area contributed by atoms with Crippen LogP contribution in [-0.4, -0.2) is 4.57 Å². The lowest BCUT2D eigenvalue weighted by Crippen LogP contribution is -2.11. The van der Waals surface area contributed by atoms with E-state index >= 15 is 0 Å². The van der Waals surface area contributed by atoms with Crippen molar-refractivity contribution in [3.8, 4) is 0 Å². The minimum Gasteiger partial charge on any atom is -0.464 e. The Kier molecular flexibility index (Phi) is 2.99. The molecular formula is C15H16N2O3. The molecule has 0 aliphatic heterocycles. The topological polar surface area (TPSA) is 74.3 Å². The standard InChI is InChI=1S/C15H16N2O3/c1-3-10-5-7-12(19-10)14(16)9-4-6-11-13(8-9)20-15(18)17(11)2/h4-8,14H,3,16H2,1-2H3. The third-order valence-electron chi connectivity index (χ3n) is 3.51. The monoisotopic (exact) mass is 272 g/mol. The van der Waals surface area contributed by atoms with Crippen molar-refractivity contribution >= 4 is 11.1 Å². The average molecular weight is 272 g/mol. The van der Waals surface area contributed by atoms with Gasteiger partial charge in [-0.2, -0.15) is 0 Å². The Balaban J connectivity index is 2.03. The highest BCUT2D eigenvalue weighted by molar-refractivity contribution is 5.74. The molecule has 5 nitrogen and oxygen atoms in total. The molecule has 3 rings (SSSR count). The van der Waals surface area contributed by atoms with E-state index in [-0.39, 0.29) is 11.8 Å². The van der Waals surface area contributed by atoms with Crippen LogP contribution in [0.2, 0.25) is 0 Å². The summed E-state index contributed by atoms with van der Waals surface area (Å²) in [6, 6.07) is 8.95. The zero-order valence-electron chi connectivity index (χ0n) is 11.4. The molecule has 0 bridgehead atoms. The average Bonchev–Trinajstić information content (AvgIpc) is 3.04. The number of rotatable bonds is 3. The first kappa shape index (κ1) is 12.7. The molecule has 0 amide bonds. The molecule has 0 radical (unpaired) electrons. The summed E-state index contributed by atoms with van der Waals surface area (Å²) in [6.45, 7) is 2.03. The van der Waals surface area contributed by atoms with Crippen LogP contribution >= 0.6 is 0 Å². The third-order valence-corrected chi connectivity index (χ3v) is 3.51. The van der Waals surface area contributed by atoms with Gasteiger partial charge in [-0.05, 0) is 29.8 Å². The molecule has 0 saturated carbocycles. The fourth-order valence-electron chi connectivity index (χ4n) is 2.26. The lowest BCUT2D eigenvalue weighted by Gasteiger charge is -2.09. The number of hydrogen-bond donors (Lipinski definition) is 1. The van der Waals surface area contributed by atoms with Crippen molar-refractivity contribution in [1.82, 2.24) is 4.57 Å². The molecule has 3 aromatic rings. The van der Waals surface area contributed by atoms with Crippen LogP contribution in [0, 0.1) is 0 Å². The minimum atomic E-state index is -0.378. The van der Waals surface area contributed by atoms with Crippen molar-refractivity contribution in [1.29, 1.82) is 0 Å². The van der Waals surface area contributed by atoms with Gasteiger partial charge in [0.25, 0.3) is 0 Å². The Bertz CT molecular complexity index is 810. The van der Waals surface area contributed by atoms with E-state index in [1.165, 1.54) is 4.57 Å². The van der Waals surface area contributed by atoms with Gasteiger partial charge >= 0.3 is 5.76 Å². The summed E-state index contributed by atoms with van der Waals surface area (Å²) >= 11 is 0. The maximum atomic E-state index is 11.5. The molecule has 0 aliphatic carbocycles. The molecule has 104 valence electrons. The molecule has 0 fully saturated rings. The summed E-state index contributed by atoms with van der Waals surface area (Å²) in [6.07, 6.45) is 0.833. The number of oxazole rings is 1. The number of aryl methyl sites for hydroxylation is 2. The Hall–Kier alpha value is -2.27.